The van der Waals surface area contributed by atoms with E-state index in [0.29, 0.717) is 12.5 Å². The standard InChI is InChI=1S/C45H70N2O3/c1-3-36(48)27-31-14-24-44-40(29-31)38-10-6-8-12-42(38)47(44)35-21-17-33(18-22-35)32-15-19-34(20-16-32)46-41-11-7-5-9-37(41)39-28-30(13-23-43(39)46)25-26-50-45(49)4-2/h3-4,30-35,37-44H,1-2,5-29H2. The topological polar surface area (TPSA) is 49.9 Å². The van der Waals surface area contributed by atoms with Crippen LogP contribution in [-0.2, 0) is 14.3 Å². The van der Waals surface area contributed by atoms with Crippen molar-refractivity contribution in [2.24, 2.45) is 47.3 Å². The number of hydrogen-bond acceptors (Lipinski definition) is 5. The van der Waals surface area contributed by atoms with E-state index in [9.17, 15) is 9.59 Å². The number of nitrogens with zero attached hydrogens (tertiary/aromatic N) is 2. The molecule has 2 heterocycles. The molecule has 5 nitrogen and oxygen atoms in total. The lowest BCUT2D eigenvalue weighted by molar-refractivity contribution is -0.138. The molecule has 0 amide bonds. The maximum absolute atomic E-state index is 12.2. The third-order valence-corrected chi connectivity index (χ3v) is 16.8. The maximum atomic E-state index is 12.2. The van der Waals surface area contributed by atoms with Crippen LogP contribution in [0.1, 0.15) is 154 Å². The number of allylic oxidation sites excluding steroid dienone is 1. The molecule has 2 saturated heterocycles. The van der Waals surface area contributed by atoms with Crippen LogP contribution in [0.3, 0.4) is 0 Å². The van der Waals surface area contributed by atoms with Crippen molar-refractivity contribution >= 4 is 11.8 Å². The largest absolute Gasteiger partial charge is 0.463 e. The van der Waals surface area contributed by atoms with Crippen molar-refractivity contribution in [1.29, 1.82) is 0 Å². The minimum absolute atomic E-state index is 0.266. The number of carbonyl (C=O) groups is 2. The van der Waals surface area contributed by atoms with Crippen molar-refractivity contribution < 1.29 is 14.3 Å². The smallest absolute Gasteiger partial charge is 0.330 e. The van der Waals surface area contributed by atoms with Gasteiger partial charge in [-0.15, -0.1) is 0 Å². The summed E-state index contributed by atoms with van der Waals surface area (Å²) in [5.74, 6) is 6.79. The van der Waals surface area contributed by atoms with Crippen LogP contribution in [0, 0.1) is 47.3 Å². The lowest BCUT2D eigenvalue weighted by atomic mass is 9.69. The highest BCUT2D eigenvalue weighted by atomic mass is 16.5. The van der Waals surface area contributed by atoms with E-state index in [4.69, 9.17) is 4.74 Å². The third kappa shape index (κ3) is 7.11. The molecule has 8 fully saturated rings. The van der Waals surface area contributed by atoms with E-state index in [1.165, 1.54) is 147 Å². The molecule has 10 atom stereocenters. The van der Waals surface area contributed by atoms with Gasteiger partial charge in [-0.3, -0.25) is 14.6 Å². The fourth-order valence-corrected chi connectivity index (χ4v) is 14.8. The summed E-state index contributed by atoms with van der Waals surface area (Å²) in [5.41, 5.74) is 0. The predicted molar refractivity (Wildman–Crippen MR) is 201 cm³/mol. The summed E-state index contributed by atoms with van der Waals surface area (Å²) in [5, 5.41) is 0. The van der Waals surface area contributed by atoms with Gasteiger partial charge in [0.1, 0.15) is 0 Å². The van der Waals surface area contributed by atoms with Crippen molar-refractivity contribution in [1.82, 2.24) is 9.80 Å². The van der Waals surface area contributed by atoms with Gasteiger partial charge >= 0.3 is 5.97 Å². The van der Waals surface area contributed by atoms with Crippen LogP contribution >= 0.6 is 0 Å². The molecule has 50 heavy (non-hydrogen) atoms. The Hall–Kier alpha value is -1.46. The van der Waals surface area contributed by atoms with Gasteiger partial charge in [0, 0.05) is 48.7 Å². The summed E-state index contributed by atoms with van der Waals surface area (Å²) in [7, 11) is 0. The number of esters is 1. The Kier molecular flexibility index (Phi) is 11.3. The summed E-state index contributed by atoms with van der Waals surface area (Å²) >= 11 is 0. The molecule has 0 bridgehead atoms. The van der Waals surface area contributed by atoms with Gasteiger partial charge in [0.25, 0.3) is 0 Å². The van der Waals surface area contributed by atoms with E-state index in [-0.39, 0.29) is 11.8 Å². The van der Waals surface area contributed by atoms with E-state index < -0.39 is 0 Å². The van der Waals surface area contributed by atoms with Crippen molar-refractivity contribution in [2.45, 2.75) is 190 Å². The maximum Gasteiger partial charge on any atom is 0.330 e. The highest BCUT2D eigenvalue weighted by Gasteiger charge is 2.55. The second kappa shape index (κ2) is 15.9. The molecule has 10 unspecified atom stereocenters. The first-order valence-corrected chi connectivity index (χ1v) is 22.0. The Morgan fingerprint density at radius 1 is 0.540 bits per heavy atom. The van der Waals surface area contributed by atoms with Crippen LogP contribution in [-0.4, -0.2) is 64.4 Å². The highest BCUT2D eigenvalue weighted by molar-refractivity contribution is 5.89. The van der Waals surface area contributed by atoms with Crippen LogP contribution in [0.4, 0.5) is 0 Å². The fourth-order valence-electron chi connectivity index (χ4n) is 14.8. The van der Waals surface area contributed by atoms with E-state index in [1.807, 2.05) is 0 Å². The number of ether oxygens (including phenoxy) is 1. The second-order valence-corrected chi connectivity index (χ2v) is 18.9. The Balaban J connectivity index is 0.843. The molecule has 8 aliphatic rings. The predicted octanol–water partition coefficient (Wildman–Crippen LogP) is 9.69. The molecule has 0 N–H and O–H groups in total. The van der Waals surface area contributed by atoms with Gasteiger partial charge in [-0.05, 0) is 175 Å². The molecule has 0 aromatic rings. The Morgan fingerprint density at radius 3 is 1.54 bits per heavy atom. The highest BCUT2D eigenvalue weighted by Crippen LogP contribution is 2.55. The monoisotopic (exact) mass is 687 g/mol. The minimum atomic E-state index is -0.266. The quantitative estimate of drug-likeness (QED) is 0.169. The molecule has 0 radical (unpaired) electrons. The molecular weight excluding hydrogens is 617 g/mol. The van der Waals surface area contributed by atoms with Gasteiger partial charge in [-0.2, -0.15) is 0 Å². The van der Waals surface area contributed by atoms with Crippen LogP contribution < -0.4 is 0 Å². The van der Waals surface area contributed by atoms with E-state index in [1.54, 1.807) is 6.08 Å². The number of fused-ring (bicyclic) bond motifs is 6. The van der Waals surface area contributed by atoms with Crippen LogP contribution in [0.5, 0.6) is 0 Å². The average molecular weight is 687 g/mol. The fraction of sp³-hybridized carbons (Fsp3) is 0.867. The van der Waals surface area contributed by atoms with Gasteiger partial charge in [0.15, 0.2) is 5.78 Å². The Morgan fingerprint density at radius 2 is 1.02 bits per heavy atom. The van der Waals surface area contributed by atoms with Crippen LogP contribution in [0.15, 0.2) is 25.3 Å². The molecule has 8 rings (SSSR count). The van der Waals surface area contributed by atoms with Gasteiger partial charge in [-0.25, -0.2) is 4.79 Å². The first kappa shape index (κ1) is 35.6. The van der Waals surface area contributed by atoms with Crippen molar-refractivity contribution in [3.8, 4) is 0 Å². The van der Waals surface area contributed by atoms with Crippen LogP contribution in [0.2, 0.25) is 0 Å². The Labute approximate surface area is 304 Å². The van der Waals surface area contributed by atoms with Gasteiger partial charge in [-0.1, -0.05) is 38.8 Å². The zero-order valence-corrected chi connectivity index (χ0v) is 31.4. The van der Waals surface area contributed by atoms with Gasteiger partial charge in [0.2, 0.25) is 0 Å². The van der Waals surface area contributed by atoms with E-state index >= 15 is 0 Å². The molecule has 6 saturated carbocycles. The molecule has 5 heteroatoms. The van der Waals surface area contributed by atoms with E-state index in [2.05, 4.69) is 23.0 Å². The normalized spacial score (nSPS) is 45.0. The van der Waals surface area contributed by atoms with Gasteiger partial charge in [0.05, 0.1) is 6.61 Å². The summed E-state index contributed by atoms with van der Waals surface area (Å²) in [4.78, 5) is 30.2. The first-order chi connectivity index (χ1) is 24.5. The van der Waals surface area contributed by atoms with Crippen molar-refractivity contribution in [3.63, 3.8) is 0 Å². The lowest BCUT2D eigenvalue weighted by Gasteiger charge is -2.47. The molecule has 2 aliphatic heterocycles. The van der Waals surface area contributed by atoms with Gasteiger partial charge < -0.3 is 4.74 Å². The number of likely N-dealkylation sites (tertiary alicyclic amines) is 2. The molecule has 0 aromatic carbocycles. The molecular formula is C45H70N2O3. The first-order valence-electron chi connectivity index (χ1n) is 22.0. The van der Waals surface area contributed by atoms with Crippen LogP contribution in [0.25, 0.3) is 0 Å². The summed E-state index contributed by atoms with van der Waals surface area (Å²) in [6.07, 6.45) is 35.8. The minimum Gasteiger partial charge on any atom is -0.463 e. The van der Waals surface area contributed by atoms with Crippen molar-refractivity contribution in [2.75, 3.05) is 6.61 Å². The van der Waals surface area contributed by atoms with E-state index in [0.717, 1.165) is 90.5 Å². The summed E-state index contributed by atoms with van der Waals surface area (Å²) in [6.45, 7) is 7.89. The zero-order chi connectivity index (χ0) is 34.2. The lowest BCUT2D eigenvalue weighted by Crippen LogP contribution is -2.50. The number of ketones is 1. The SMILES string of the molecule is C=CC(=O)CC1CCC2C(C1)C1CCCCC1N2C1CCC(C2CCC(N3C4CCCCC4C4CC(CCOC(=O)C=C)CCC43)CC2)CC1. The number of rotatable bonds is 10. The zero-order valence-electron chi connectivity index (χ0n) is 31.4. The summed E-state index contributed by atoms with van der Waals surface area (Å²) in [6, 6.07) is 4.95. The summed E-state index contributed by atoms with van der Waals surface area (Å²) < 4.78 is 5.40. The average Bonchev–Trinajstić information content (AvgIpc) is 3.67. The molecule has 0 aromatic heterocycles. The number of carbonyl (C=O) groups excluding carboxylic acids is 2. The number of hydrogen-bond donors (Lipinski definition) is 0. The molecule has 0 spiro atoms. The third-order valence-electron chi connectivity index (χ3n) is 16.8. The molecule has 6 aliphatic carbocycles. The second-order valence-electron chi connectivity index (χ2n) is 18.9. The molecule has 278 valence electrons. The Bertz CT molecular complexity index is 1200. The van der Waals surface area contributed by atoms with Crippen molar-refractivity contribution in [3.05, 3.63) is 25.3 Å².